The minimum atomic E-state index is -0.366. The van der Waals surface area contributed by atoms with Crippen LogP contribution in [0.5, 0.6) is 5.75 Å². The van der Waals surface area contributed by atoms with Crippen molar-refractivity contribution >= 4 is 50.0 Å². The summed E-state index contributed by atoms with van der Waals surface area (Å²) in [5, 5.41) is 6.30. The van der Waals surface area contributed by atoms with Crippen molar-refractivity contribution in [3.8, 4) is 5.75 Å². The first-order valence-electron chi connectivity index (χ1n) is 8.44. The summed E-state index contributed by atoms with van der Waals surface area (Å²) in [5.74, 6) is 0.259. The lowest BCUT2D eigenvalue weighted by Gasteiger charge is -2.08. The quantitative estimate of drug-likeness (QED) is 0.398. The van der Waals surface area contributed by atoms with Crippen LogP contribution in [0.4, 0.5) is 0 Å². The number of nitrogens with zero attached hydrogens (tertiary/aromatic N) is 1. The molecule has 0 saturated heterocycles. The maximum Gasteiger partial charge on any atom is 0.348 e. The SMILES string of the molecule is CCOC(=O)c1sc2cccc(Cl)c2c1COc1ccc2c(C)noc2c1. The number of carbonyl (C=O) groups excluding carboxylic acids is 1. The van der Waals surface area contributed by atoms with E-state index in [0.717, 1.165) is 26.7 Å². The Labute approximate surface area is 164 Å². The number of carbonyl (C=O) groups is 1. The average molecular weight is 402 g/mol. The van der Waals surface area contributed by atoms with Gasteiger partial charge in [0.05, 0.1) is 12.3 Å². The molecule has 138 valence electrons. The summed E-state index contributed by atoms with van der Waals surface area (Å²) in [6, 6.07) is 11.1. The van der Waals surface area contributed by atoms with Gasteiger partial charge in [0.2, 0.25) is 0 Å². The molecule has 0 aliphatic rings. The summed E-state index contributed by atoms with van der Waals surface area (Å²) < 4.78 is 17.4. The van der Waals surface area contributed by atoms with E-state index in [4.69, 9.17) is 25.6 Å². The second-order valence-corrected chi connectivity index (χ2v) is 7.42. The van der Waals surface area contributed by atoms with Crippen molar-refractivity contribution in [3.63, 3.8) is 0 Å². The maximum absolute atomic E-state index is 12.4. The summed E-state index contributed by atoms with van der Waals surface area (Å²) in [6.45, 7) is 4.17. The fourth-order valence-electron chi connectivity index (χ4n) is 2.96. The highest BCUT2D eigenvalue weighted by Gasteiger charge is 2.21. The molecule has 7 heteroatoms. The molecule has 0 atom stereocenters. The number of aromatic nitrogens is 1. The predicted octanol–water partition coefficient (Wildman–Crippen LogP) is 5.76. The first-order chi connectivity index (χ1) is 13.1. The molecule has 4 rings (SSSR count). The maximum atomic E-state index is 12.4. The van der Waals surface area contributed by atoms with Crippen molar-refractivity contribution < 1.29 is 18.8 Å². The molecule has 27 heavy (non-hydrogen) atoms. The van der Waals surface area contributed by atoms with Crippen molar-refractivity contribution in [2.45, 2.75) is 20.5 Å². The summed E-state index contributed by atoms with van der Waals surface area (Å²) >= 11 is 7.76. The number of rotatable bonds is 5. The van der Waals surface area contributed by atoms with Gasteiger partial charge in [0.1, 0.15) is 17.2 Å². The van der Waals surface area contributed by atoms with E-state index in [0.29, 0.717) is 27.8 Å². The molecule has 0 spiro atoms. The van der Waals surface area contributed by atoms with E-state index in [1.165, 1.54) is 11.3 Å². The fourth-order valence-corrected chi connectivity index (χ4v) is 4.43. The Kier molecular flexibility index (Phi) is 4.76. The van der Waals surface area contributed by atoms with E-state index >= 15 is 0 Å². The zero-order chi connectivity index (χ0) is 19.0. The number of thiophene rings is 1. The third-order valence-electron chi connectivity index (χ3n) is 4.23. The molecule has 2 heterocycles. The number of benzene rings is 2. The summed E-state index contributed by atoms with van der Waals surface area (Å²) in [7, 11) is 0. The van der Waals surface area contributed by atoms with Crippen LogP contribution >= 0.6 is 22.9 Å². The lowest BCUT2D eigenvalue weighted by Crippen LogP contribution is -2.07. The molecule has 4 aromatic rings. The molecule has 2 aromatic carbocycles. The smallest absolute Gasteiger partial charge is 0.348 e. The van der Waals surface area contributed by atoms with E-state index in [1.807, 2.05) is 31.2 Å². The van der Waals surface area contributed by atoms with Crippen LogP contribution in [0, 0.1) is 6.92 Å². The van der Waals surface area contributed by atoms with Gasteiger partial charge in [-0.3, -0.25) is 0 Å². The Morgan fingerprint density at radius 1 is 1.30 bits per heavy atom. The van der Waals surface area contributed by atoms with Gasteiger partial charge in [0.25, 0.3) is 0 Å². The van der Waals surface area contributed by atoms with Crippen LogP contribution in [0.15, 0.2) is 40.9 Å². The van der Waals surface area contributed by atoms with Gasteiger partial charge in [-0.15, -0.1) is 11.3 Å². The monoisotopic (exact) mass is 401 g/mol. The largest absolute Gasteiger partial charge is 0.489 e. The molecule has 5 nitrogen and oxygen atoms in total. The molecule has 0 radical (unpaired) electrons. The second-order valence-electron chi connectivity index (χ2n) is 5.96. The highest BCUT2D eigenvalue weighted by molar-refractivity contribution is 7.21. The third kappa shape index (κ3) is 3.26. The average Bonchev–Trinajstić information content (AvgIpc) is 3.22. The van der Waals surface area contributed by atoms with Crippen molar-refractivity contribution in [1.29, 1.82) is 0 Å². The first-order valence-corrected chi connectivity index (χ1v) is 9.63. The topological polar surface area (TPSA) is 61.6 Å². The Morgan fingerprint density at radius 3 is 2.96 bits per heavy atom. The van der Waals surface area contributed by atoms with Crippen LogP contribution in [0.1, 0.15) is 27.9 Å². The van der Waals surface area contributed by atoms with Crippen LogP contribution < -0.4 is 4.74 Å². The molecular weight excluding hydrogens is 386 g/mol. The van der Waals surface area contributed by atoms with Crippen molar-refractivity contribution in [3.05, 3.63) is 57.6 Å². The van der Waals surface area contributed by atoms with Gasteiger partial charge >= 0.3 is 5.97 Å². The van der Waals surface area contributed by atoms with Crippen LogP contribution in [-0.4, -0.2) is 17.7 Å². The molecule has 0 N–H and O–H groups in total. The van der Waals surface area contributed by atoms with E-state index in [9.17, 15) is 4.79 Å². The summed E-state index contributed by atoms with van der Waals surface area (Å²) in [5.41, 5.74) is 2.22. The lowest BCUT2D eigenvalue weighted by atomic mass is 10.1. The molecular formula is C20H16ClNO4S. The Morgan fingerprint density at radius 2 is 2.15 bits per heavy atom. The number of ether oxygens (including phenoxy) is 2. The van der Waals surface area contributed by atoms with E-state index in [1.54, 1.807) is 19.1 Å². The van der Waals surface area contributed by atoms with Gasteiger partial charge in [0.15, 0.2) is 5.58 Å². The normalized spacial score (nSPS) is 11.2. The number of hydrogen-bond donors (Lipinski definition) is 0. The molecule has 0 aliphatic carbocycles. The third-order valence-corrected chi connectivity index (χ3v) is 5.72. The van der Waals surface area contributed by atoms with Crippen molar-refractivity contribution in [2.24, 2.45) is 0 Å². The van der Waals surface area contributed by atoms with Crippen molar-refractivity contribution in [2.75, 3.05) is 6.61 Å². The molecule has 0 saturated carbocycles. The second kappa shape index (κ2) is 7.21. The molecule has 0 fully saturated rings. The van der Waals surface area contributed by atoms with Crippen molar-refractivity contribution in [1.82, 2.24) is 5.16 Å². The number of halogens is 1. The molecule has 0 bridgehead atoms. The highest BCUT2D eigenvalue weighted by atomic mass is 35.5. The van der Waals surface area contributed by atoms with Gasteiger partial charge in [-0.1, -0.05) is 22.8 Å². The molecule has 0 aliphatic heterocycles. The minimum Gasteiger partial charge on any atom is -0.489 e. The van der Waals surface area contributed by atoms with Crippen LogP contribution in [0.2, 0.25) is 5.02 Å². The Balaban J connectivity index is 1.70. The zero-order valence-corrected chi connectivity index (χ0v) is 16.3. The van der Waals surface area contributed by atoms with Crippen LogP contribution in [0.25, 0.3) is 21.1 Å². The van der Waals surface area contributed by atoms with Gasteiger partial charge in [0, 0.05) is 32.1 Å². The Bertz CT molecular complexity index is 1150. The van der Waals surface area contributed by atoms with Crippen LogP contribution in [0.3, 0.4) is 0 Å². The number of hydrogen-bond acceptors (Lipinski definition) is 6. The molecule has 0 amide bonds. The Hall–Kier alpha value is -2.57. The highest BCUT2D eigenvalue weighted by Crippen LogP contribution is 2.37. The summed E-state index contributed by atoms with van der Waals surface area (Å²) in [4.78, 5) is 12.9. The number of esters is 1. The van der Waals surface area contributed by atoms with E-state index in [2.05, 4.69) is 5.16 Å². The van der Waals surface area contributed by atoms with E-state index in [-0.39, 0.29) is 12.6 Å². The molecule has 0 unspecified atom stereocenters. The van der Waals surface area contributed by atoms with E-state index < -0.39 is 0 Å². The fraction of sp³-hybridized carbons (Fsp3) is 0.200. The number of fused-ring (bicyclic) bond motifs is 2. The first kappa shape index (κ1) is 17.8. The van der Waals surface area contributed by atoms with Gasteiger partial charge in [-0.25, -0.2) is 4.79 Å². The van der Waals surface area contributed by atoms with Gasteiger partial charge in [-0.05, 0) is 38.1 Å². The standard InChI is InChI=1S/C20H16ClNO4S/c1-3-24-20(23)19-14(18-15(21)5-4-6-17(18)27-19)10-25-12-7-8-13-11(2)22-26-16(13)9-12/h4-9H,3,10H2,1-2H3. The van der Waals surface area contributed by atoms with Gasteiger partial charge < -0.3 is 14.0 Å². The van der Waals surface area contributed by atoms with Crippen LogP contribution in [-0.2, 0) is 11.3 Å². The number of aryl methyl sites for hydroxylation is 1. The zero-order valence-electron chi connectivity index (χ0n) is 14.7. The molecule has 2 aromatic heterocycles. The summed E-state index contributed by atoms with van der Waals surface area (Å²) in [6.07, 6.45) is 0. The lowest BCUT2D eigenvalue weighted by molar-refractivity contribution is 0.0529. The minimum absolute atomic E-state index is 0.191. The predicted molar refractivity (Wildman–Crippen MR) is 106 cm³/mol. The van der Waals surface area contributed by atoms with Gasteiger partial charge in [-0.2, -0.15) is 0 Å².